The van der Waals surface area contributed by atoms with Gasteiger partial charge in [-0.05, 0) is 32.4 Å². The lowest BCUT2D eigenvalue weighted by Gasteiger charge is -2.42. The van der Waals surface area contributed by atoms with Crippen LogP contribution in [0.5, 0.6) is 0 Å². The number of likely N-dealkylation sites (tertiary alicyclic amines) is 1. The summed E-state index contributed by atoms with van der Waals surface area (Å²) in [6.45, 7) is 2.22. The Labute approximate surface area is 136 Å². The molecule has 0 saturated carbocycles. The van der Waals surface area contributed by atoms with Gasteiger partial charge in [0.25, 0.3) is 0 Å². The number of piperidine rings is 1. The molecule has 1 aromatic rings. The molecule has 1 fully saturated rings. The summed E-state index contributed by atoms with van der Waals surface area (Å²) >= 11 is 0. The lowest BCUT2D eigenvalue weighted by molar-refractivity contribution is 0.226. The summed E-state index contributed by atoms with van der Waals surface area (Å²) in [5.74, 6) is 0. The van der Waals surface area contributed by atoms with Crippen molar-refractivity contribution >= 4 is 11.3 Å². The third-order valence-electron chi connectivity index (χ3n) is 5.71. The van der Waals surface area contributed by atoms with E-state index in [1.54, 1.807) is 0 Å². The van der Waals surface area contributed by atoms with Gasteiger partial charge in [-0.1, -0.05) is 30.4 Å². The van der Waals surface area contributed by atoms with Gasteiger partial charge in [0.05, 0.1) is 16.6 Å². The number of hydrogen-bond donors (Lipinski definition) is 0. The molecular formula is C20H21N3. The summed E-state index contributed by atoms with van der Waals surface area (Å²) in [6.07, 6.45) is 8.68. The Kier molecular flexibility index (Phi) is 2.77. The van der Waals surface area contributed by atoms with E-state index in [1.165, 1.54) is 27.8 Å². The summed E-state index contributed by atoms with van der Waals surface area (Å²) in [7, 11) is 2.21. The molecule has 3 nitrogen and oxygen atoms in total. The minimum atomic E-state index is -0.0536. The number of aliphatic imine (C=N–C) groups is 1. The number of fused-ring (bicyclic) bond motifs is 4. The van der Waals surface area contributed by atoms with Crippen LogP contribution in [0.2, 0.25) is 0 Å². The largest absolute Gasteiger partial charge is 0.306 e. The topological polar surface area (TPSA) is 28.0 Å². The maximum absolute atomic E-state index is 5.35. The quantitative estimate of drug-likeness (QED) is 0.674. The highest BCUT2D eigenvalue weighted by Gasteiger charge is 2.44. The van der Waals surface area contributed by atoms with Gasteiger partial charge >= 0.3 is 0 Å². The molecule has 1 spiro atoms. The monoisotopic (exact) mass is 303 g/mol. The molecule has 0 atom stereocenters. The Morgan fingerprint density at radius 2 is 1.83 bits per heavy atom. The number of dihydropyridines is 1. The Bertz CT molecular complexity index is 893. The van der Waals surface area contributed by atoms with Crippen molar-refractivity contribution in [2.24, 2.45) is 9.98 Å². The normalized spacial score (nSPS) is 24.9. The maximum Gasteiger partial charge on any atom is 0.0911 e. The molecule has 0 N–H and O–H groups in total. The SMILES string of the molecule is CN1CCC2(CC1)N=C1CC=CCC1=C1N=c3ccccc3=C12. The van der Waals surface area contributed by atoms with Crippen molar-refractivity contribution in [1.29, 1.82) is 0 Å². The molecule has 3 aliphatic heterocycles. The predicted octanol–water partition coefficient (Wildman–Crippen LogP) is 1.99. The molecule has 0 aromatic heterocycles. The van der Waals surface area contributed by atoms with Crippen molar-refractivity contribution in [3.05, 3.63) is 58.3 Å². The summed E-state index contributed by atoms with van der Waals surface area (Å²) in [6, 6.07) is 8.61. The van der Waals surface area contributed by atoms with Gasteiger partial charge in [0.2, 0.25) is 0 Å². The van der Waals surface area contributed by atoms with Crippen molar-refractivity contribution < 1.29 is 0 Å². The highest BCUT2D eigenvalue weighted by atomic mass is 15.1. The highest BCUT2D eigenvalue weighted by Crippen LogP contribution is 2.45. The first-order valence-corrected chi connectivity index (χ1v) is 8.62. The molecule has 116 valence electrons. The second kappa shape index (κ2) is 4.75. The Hall–Kier alpha value is -2.00. The van der Waals surface area contributed by atoms with Crippen LogP contribution in [0.25, 0.3) is 5.57 Å². The third-order valence-corrected chi connectivity index (χ3v) is 5.71. The molecule has 0 bridgehead atoms. The Morgan fingerprint density at radius 1 is 1.04 bits per heavy atom. The molecule has 3 heteroatoms. The fraction of sp³-hybridized carbons (Fsp3) is 0.400. The first-order chi connectivity index (χ1) is 11.3. The fourth-order valence-electron chi connectivity index (χ4n) is 4.42. The summed E-state index contributed by atoms with van der Waals surface area (Å²) < 4.78 is 0. The van der Waals surface area contributed by atoms with Gasteiger partial charge in [-0.2, -0.15) is 0 Å². The summed E-state index contributed by atoms with van der Waals surface area (Å²) in [5.41, 5.74) is 5.25. The zero-order valence-corrected chi connectivity index (χ0v) is 13.5. The van der Waals surface area contributed by atoms with Gasteiger partial charge in [0.1, 0.15) is 0 Å². The van der Waals surface area contributed by atoms with Crippen molar-refractivity contribution in [3.8, 4) is 0 Å². The molecule has 4 aliphatic rings. The summed E-state index contributed by atoms with van der Waals surface area (Å²) in [4.78, 5) is 12.8. The smallest absolute Gasteiger partial charge is 0.0911 e. The van der Waals surface area contributed by atoms with Crippen LogP contribution in [0.1, 0.15) is 25.7 Å². The number of nitrogens with zero attached hydrogens (tertiary/aromatic N) is 3. The molecule has 0 unspecified atom stereocenters. The molecule has 23 heavy (non-hydrogen) atoms. The van der Waals surface area contributed by atoms with E-state index in [9.17, 15) is 0 Å². The van der Waals surface area contributed by atoms with Gasteiger partial charge < -0.3 is 4.90 Å². The van der Waals surface area contributed by atoms with E-state index >= 15 is 0 Å². The molecule has 5 rings (SSSR count). The standard InChI is InChI=1S/C20H21N3/c1-23-12-10-20(11-13-23)18-14-6-2-4-8-16(14)21-19(18)15-7-3-5-9-17(15)22-20/h2-6,8H,7,9-13H2,1H3. The maximum atomic E-state index is 5.35. The third kappa shape index (κ3) is 1.86. The molecule has 3 heterocycles. The van der Waals surface area contributed by atoms with Crippen molar-refractivity contribution in [1.82, 2.24) is 4.90 Å². The van der Waals surface area contributed by atoms with Crippen molar-refractivity contribution in [2.75, 3.05) is 20.1 Å². The number of allylic oxidation sites excluding steroid dienone is 3. The van der Waals surface area contributed by atoms with E-state index in [1.807, 2.05) is 0 Å². The zero-order valence-electron chi connectivity index (χ0n) is 13.5. The van der Waals surface area contributed by atoms with Crippen LogP contribution in [0, 0.1) is 0 Å². The minimum Gasteiger partial charge on any atom is -0.306 e. The van der Waals surface area contributed by atoms with Crippen LogP contribution in [-0.2, 0) is 0 Å². The lowest BCUT2D eigenvalue weighted by Crippen LogP contribution is -2.46. The first kappa shape index (κ1) is 13.4. The summed E-state index contributed by atoms with van der Waals surface area (Å²) in [5, 5.41) is 2.45. The average molecular weight is 303 g/mol. The first-order valence-electron chi connectivity index (χ1n) is 8.62. The minimum absolute atomic E-state index is 0.0536. The van der Waals surface area contributed by atoms with Gasteiger partial charge in [0, 0.05) is 41.6 Å². The number of rotatable bonds is 0. The van der Waals surface area contributed by atoms with Crippen LogP contribution >= 0.6 is 0 Å². The van der Waals surface area contributed by atoms with E-state index in [0.29, 0.717) is 0 Å². The van der Waals surface area contributed by atoms with E-state index in [4.69, 9.17) is 9.98 Å². The second-order valence-corrected chi connectivity index (χ2v) is 7.10. The van der Waals surface area contributed by atoms with Crippen LogP contribution < -0.4 is 10.6 Å². The molecule has 0 radical (unpaired) electrons. The van der Waals surface area contributed by atoms with E-state index in [-0.39, 0.29) is 5.54 Å². The van der Waals surface area contributed by atoms with Crippen molar-refractivity contribution in [2.45, 2.75) is 31.2 Å². The van der Waals surface area contributed by atoms with E-state index < -0.39 is 0 Å². The fourth-order valence-corrected chi connectivity index (χ4v) is 4.42. The zero-order chi connectivity index (χ0) is 15.4. The number of benzene rings is 1. The Balaban J connectivity index is 1.81. The lowest BCUT2D eigenvalue weighted by atomic mass is 9.74. The van der Waals surface area contributed by atoms with Crippen LogP contribution in [-0.4, -0.2) is 36.3 Å². The van der Waals surface area contributed by atoms with Gasteiger partial charge in [-0.25, -0.2) is 4.99 Å². The van der Waals surface area contributed by atoms with Gasteiger partial charge in [-0.15, -0.1) is 0 Å². The highest BCUT2D eigenvalue weighted by molar-refractivity contribution is 6.08. The molecule has 0 amide bonds. The number of para-hydroxylation sites is 1. The van der Waals surface area contributed by atoms with Gasteiger partial charge in [0.15, 0.2) is 0 Å². The van der Waals surface area contributed by atoms with E-state index in [0.717, 1.165) is 44.1 Å². The van der Waals surface area contributed by atoms with Crippen LogP contribution in [0.4, 0.5) is 0 Å². The van der Waals surface area contributed by atoms with E-state index in [2.05, 4.69) is 48.4 Å². The molecule has 1 saturated heterocycles. The van der Waals surface area contributed by atoms with Crippen LogP contribution in [0.15, 0.2) is 57.7 Å². The average Bonchev–Trinajstić information content (AvgIpc) is 2.98. The van der Waals surface area contributed by atoms with Crippen LogP contribution in [0.3, 0.4) is 0 Å². The van der Waals surface area contributed by atoms with Gasteiger partial charge in [-0.3, -0.25) is 4.99 Å². The predicted molar refractivity (Wildman–Crippen MR) is 92.9 cm³/mol. The molecule has 1 aliphatic carbocycles. The number of hydrogen-bond acceptors (Lipinski definition) is 3. The van der Waals surface area contributed by atoms with Crippen molar-refractivity contribution in [3.63, 3.8) is 0 Å². The molecule has 1 aromatic carbocycles. The Morgan fingerprint density at radius 3 is 2.70 bits per heavy atom. The second-order valence-electron chi connectivity index (χ2n) is 7.10. The molecular weight excluding hydrogens is 282 g/mol.